The van der Waals surface area contributed by atoms with E-state index in [0.29, 0.717) is 5.13 Å². The van der Waals surface area contributed by atoms with Gasteiger partial charge in [0.2, 0.25) is 5.91 Å². The third-order valence-corrected chi connectivity index (χ3v) is 5.28. The molecule has 136 valence electrons. The number of carbonyl (C=O) groups is 1. The Balaban J connectivity index is 1.58. The first-order chi connectivity index (χ1) is 12.6. The zero-order valence-electron chi connectivity index (χ0n) is 14.7. The second kappa shape index (κ2) is 8.33. The van der Waals surface area contributed by atoms with E-state index in [0.717, 1.165) is 22.2 Å². The molecule has 1 N–H and O–H groups in total. The van der Waals surface area contributed by atoms with Crippen LogP contribution >= 0.6 is 23.1 Å². The molecule has 7 nitrogen and oxygen atoms in total. The topological polar surface area (TPSA) is 81.9 Å². The SMILES string of the molecule is COc1ccc(-c2csc(NC(=O)CSc3nncn3C(C)C)n2)cc1. The number of rotatable bonds is 7. The van der Waals surface area contributed by atoms with Crippen molar-refractivity contribution in [1.29, 1.82) is 0 Å². The number of methoxy groups -OCH3 is 1. The van der Waals surface area contributed by atoms with Gasteiger partial charge in [0.1, 0.15) is 12.1 Å². The average molecular weight is 390 g/mol. The lowest BCUT2D eigenvalue weighted by Crippen LogP contribution is -2.14. The average Bonchev–Trinajstić information content (AvgIpc) is 3.29. The van der Waals surface area contributed by atoms with Crippen LogP contribution in [0, 0.1) is 0 Å². The Labute approximate surface area is 159 Å². The second-order valence-corrected chi connectivity index (χ2v) is 7.52. The van der Waals surface area contributed by atoms with Crippen molar-refractivity contribution in [2.24, 2.45) is 0 Å². The minimum absolute atomic E-state index is 0.121. The molecule has 9 heteroatoms. The summed E-state index contributed by atoms with van der Waals surface area (Å²) in [6.07, 6.45) is 1.67. The number of thiazole rings is 1. The van der Waals surface area contributed by atoms with Crippen LogP contribution in [0.5, 0.6) is 5.75 Å². The number of ether oxygens (including phenoxy) is 1. The van der Waals surface area contributed by atoms with Gasteiger partial charge < -0.3 is 14.6 Å². The smallest absolute Gasteiger partial charge is 0.236 e. The molecule has 0 spiro atoms. The van der Waals surface area contributed by atoms with Crippen molar-refractivity contribution in [1.82, 2.24) is 19.7 Å². The van der Waals surface area contributed by atoms with Gasteiger partial charge in [0, 0.05) is 17.0 Å². The summed E-state index contributed by atoms with van der Waals surface area (Å²) in [5, 5.41) is 14.0. The summed E-state index contributed by atoms with van der Waals surface area (Å²) in [4.78, 5) is 16.6. The molecular weight excluding hydrogens is 370 g/mol. The van der Waals surface area contributed by atoms with E-state index >= 15 is 0 Å². The number of anilines is 1. The summed E-state index contributed by atoms with van der Waals surface area (Å²) in [6, 6.07) is 7.90. The molecule has 0 unspecified atom stereocenters. The first kappa shape index (κ1) is 18.4. The molecule has 1 aromatic carbocycles. The minimum atomic E-state index is -0.121. The molecule has 26 heavy (non-hydrogen) atoms. The number of carbonyl (C=O) groups excluding carboxylic acids is 1. The van der Waals surface area contributed by atoms with Gasteiger partial charge in [-0.3, -0.25) is 4.79 Å². The summed E-state index contributed by atoms with van der Waals surface area (Å²) in [6.45, 7) is 4.09. The molecule has 1 amide bonds. The number of nitrogens with one attached hydrogen (secondary N) is 1. The Morgan fingerprint density at radius 3 is 2.81 bits per heavy atom. The number of hydrogen-bond donors (Lipinski definition) is 1. The summed E-state index contributed by atoms with van der Waals surface area (Å²) < 4.78 is 7.09. The van der Waals surface area contributed by atoms with E-state index in [1.54, 1.807) is 13.4 Å². The maximum atomic E-state index is 12.2. The van der Waals surface area contributed by atoms with E-state index in [2.05, 4.69) is 20.5 Å². The molecule has 2 aromatic heterocycles. The fourth-order valence-electron chi connectivity index (χ4n) is 2.20. The standard InChI is InChI=1S/C17H19N5O2S2/c1-11(2)22-10-18-21-17(22)26-9-15(23)20-16-19-14(8-25-16)12-4-6-13(24-3)7-5-12/h4-8,10-11H,9H2,1-3H3,(H,19,20,23). The van der Waals surface area contributed by atoms with Gasteiger partial charge in [-0.25, -0.2) is 4.98 Å². The third kappa shape index (κ3) is 4.41. The maximum Gasteiger partial charge on any atom is 0.236 e. The molecule has 0 aliphatic carbocycles. The van der Waals surface area contributed by atoms with Gasteiger partial charge in [-0.1, -0.05) is 11.8 Å². The molecule has 0 bridgehead atoms. The highest BCUT2D eigenvalue weighted by molar-refractivity contribution is 7.99. The molecule has 2 heterocycles. The number of thioether (sulfide) groups is 1. The molecule has 0 fully saturated rings. The van der Waals surface area contributed by atoms with Gasteiger partial charge >= 0.3 is 0 Å². The molecule has 0 aliphatic heterocycles. The molecule has 0 saturated carbocycles. The summed E-state index contributed by atoms with van der Waals surface area (Å²) >= 11 is 2.75. The lowest BCUT2D eigenvalue weighted by atomic mass is 10.2. The van der Waals surface area contributed by atoms with Crippen molar-refractivity contribution in [3.8, 4) is 17.0 Å². The lowest BCUT2D eigenvalue weighted by Gasteiger charge is -2.08. The van der Waals surface area contributed by atoms with Gasteiger partial charge in [0.15, 0.2) is 10.3 Å². The predicted octanol–water partition coefficient (Wildman–Crippen LogP) is 3.72. The molecule has 0 atom stereocenters. The van der Waals surface area contributed by atoms with Gasteiger partial charge in [-0.15, -0.1) is 21.5 Å². The molecular formula is C17H19N5O2S2. The zero-order chi connectivity index (χ0) is 18.5. The highest BCUT2D eigenvalue weighted by atomic mass is 32.2. The van der Waals surface area contributed by atoms with Crippen LogP contribution < -0.4 is 10.1 Å². The highest BCUT2D eigenvalue weighted by Crippen LogP contribution is 2.27. The second-order valence-electron chi connectivity index (χ2n) is 5.72. The van der Waals surface area contributed by atoms with Gasteiger partial charge in [-0.2, -0.15) is 0 Å². The van der Waals surface area contributed by atoms with Crippen molar-refractivity contribution in [2.75, 3.05) is 18.2 Å². The molecule has 0 radical (unpaired) electrons. The fraction of sp³-hybridized carbons (Fsp3) is 0.294. The number of aromatic nitrogens is 4. The summed E-state index contributed by atoms with van der Waals surface area (Å²) in [5.74, 6) is 0.927. The number of nitrogens with zero attached hydrogens (tertiary/aromatic N) is 4. The third-order valence-electron chi connectivity index (χ3n) is 3.57. The van der Waals surface area contributed by atoms with Crippen LogP contribution in [-0.2, 0) is 4.79 Å². The summed E-state index contributed by atoms with van der Waals surface area (Å²) in [5.41, 5.74) is 1.79. The van der Waals surface area contributed by atoms with Crippen LogP contribution in [0.2, 0.25) is 0 Å². The lowest BCUT2D eigenvalue weighted by molar-refractivity contribution is -0.113. The van der Waals surface area contributed by atoms with E-state index in [1.165, 1.54) is 23.1 Å². The Morgan fingerprint density at radius 1 is 1.35 bits per heavy atom. The van der Waals surface area contributed by atoms with E-state index in [9.17, 15) is 4.79 Å². The van der Waals surface area contributed by atoms with E-state index in [1.807, 2.05) is 48.1 Å². The van der Waals surface area contributed by atoms with Gasteiger partial charge in [0.05, 0.1) is 18.6 Å². The Kier molecular flexibility index (Phi) is 5.89. The van der Waals surface area contributed by atoms with Crippen LogP contribution in [0.3, 0.4) is 0 Å². The predicted molar refractivity (Wildman–Crippen MR) is 104 cm³/mol. The number of benzene rings is 1. The Hall–Kier alpha value is -2.39. The van der Waals surface area contributed by atoms with Crippen LogP contribution in [-0.4, -0.2) is 38.5 Å². The van der Waals surface area contributed by atoms with Crippen LogP contribution in [0.25, 0.3) is 11.3 Å². The van der Waals surface area contributed by atoms with Crippen molar-refractivity contribution in [3.05, 3.63) is 36.0 Å². The van der Waals surface area contributed by atoms with Gasteiger partial charge in [-0.05, 0) is 38.1 Å². The number of amides is 1. The van der Waals surface area contributed by atoms with Crippen LogP contribution in [0.4, 0.5) is 5.13 Å². The van der Waals surface area contributed by atoms with Crippen molar-refractivity contribution < 1.29 is 9.53 Å². The number of hydrogen-bond acceptors (Lipinski definition) is 7. The molecule has 3 rings (SSSR count). The quantitative estimate of drug-likeness (QED) is 0.620. The molecule has 3 aromatic rings. The molecule has 0 saturated heterocycles. The van der Waals surface area contributed by atoms with Gasteiger partial charge in [0.25, 0.3) is 0 Å². The largest absolute Gasteiger partial charge is 0.497 e. The first-order valence-electron chi connectivity index (χ1n) is 7.99. The van der Waals surface area contributed by atoms with E-state index < -0.39 is 0 Å². The van der Waals surface area contributed by atoms with E-state index in [4.69, 9.17) is 4.74 Å². The Bertz CT molecular complexity index is 873. The first-order valence-corrected chi connectivity index (χ1v) is 9.85. The fourth-order valence-corrected chi connectivity index (χ4v) is 3.78. The van der Waals surface area contributed by atoms with E-state index in [-0.39, 0.29) is 17.7 Å². The van der Waals surface area contributed by atoms with Crippen molar-refractivity contribution >= 4 is 34.1 Å². The maximum absolute atomic E-state index is 12.2. The highest BCUT2D eigenvalue weighted by Gasteiger charge is 2.12. The zero-order valence-corrected chi connectivity index (χ0v) is 16.3. The molecule has 0 aliphatic rings. The normalized spacial score (nSPS) is 10.9. The summed E-state index contributed by atoms with van der Waals surface area (Å²) in [7, 11) is 1.63. The van der Waals surface area contributed by atoms with Crippen molar-refractivity contribution in [3.63, 3.8) is 0 Å². The monoisotopic (exact) mass is 389 g/mol. The van der Waals surface area contributed by atoms with Crippen molar-refractivity contribution in [2.45, 2.75) is 25.0 Å². The van der Waals surface area contributed by atoms with Crippen LogP contribution in [0.1, 0.15) is 19.9 Å². The minimum Gasteiger partial charge on any atom is -0.497 e. The van der Waals surface area contributed by atoms with Crippen LogP contribution in [0.15, 0.2) is 41.1 Å². The Morgan fingerprint density at radius 2 is 2.12 bits per heavy atom.